The minimum atomic E-state index is 0.00397. The molecule has 3 rings (SSSR count). The summed E-state index contributed by atoms with van der Waals surface area (Å²) in [7, 11) is 3.30. The number of rotatable bonds is 7. The Balaban J connectivity index is 1.71. The number of carbonyl (C=O) groups excluding carboxylic acids is 2. The van der Waals surface area contributed by atoms with Gasteiger partial charge in [-0.2, -0.15) is 0 Å². The Morgan fingerprint density at radius 3 is 2.47 bits per heavy atom. The Morgan fingerprint density at radius 1 is 1.03 bits per heavy atom. The van der Waals surface area contributed by atoms with Crippen molar-refractivity contribution in [3.8, 4) is 11.5 Å². The summed E-state index contributed by atoms with van der Waals surface area (Å²) in [4.78, 5) is 28.6. The fourth-order valence-electron chi connectivity index (χ4n) is 4.36. The van der Waals surface area contributed by atoms with Gasteiger partial charge in [0.2, 0.25) is 5.91 Å². The number of hydrogen-bond donors (Lipinski definition) is 0. The maximum Gasteiger partial charge on any atom is 0.254 e. The van der Waals surface area contributed by atoms with Crippen LogP contribution in [0.3, 0.4) is 0 Å². The van der Waals surface area contributed by atoms with E-state index in [9.17, 15) is 9.59 Å². The van der Waals surface area contributed by atoms with Crippen LogP contribution in [0.4, 0.5) is 0 Å². The average Bonchev–Trinajstić information content (AvgIpc) is 2.77. The zero-order valence-electron chi connectivity index (χ0n) is 18.4. The van der Waals surface area contributed by atoms with E-state index in [0.717, 1.165) is 45.1 Å². The number of carbonyl (C=O) groups is 2. The number of hydrogen-bond acceptors (Lipinski definition) is 5. The highest BCUT2D eigenvalue weighted by molar-refractivity contribution is 5.95. The van der Waals surface area contributed by atoms with Crippen molar-refractivity contribution in [1.82, 2.24) is 9.80 Å². The fraction of sp³-hybridized carbons (Fsp3) is 0.652. The molecule has 7 nitrogen and oxygen atoms in total. The van der Waals surface area contributed by atoms with Crippen LogP contribution in [-0.2, 0) is 9.53 Å². The number of benzene rings is 1. The topological polar surface area (TPSA) is 68.3 Å². The van der Waals surface area contributed by atoms with E-state index in [0.29, 0.717) is 36.8 Å². The molecule has 30 heavy (non-hydrogen) atoms. The average molecular weight is 419 g/mol. The highest BCUT2D eigenvalue weighted by Crippen LogP contribution is 2.32. The van der Waals surface area contributed by atoms with E-state index in [-0.39, 0.29) is 24.0 Å². The Morgan fingerprint density at radius 2 is 1.80 bits per heavy atom. The predicted molar refractivity (Wildman–Crippen MR) is 114 cm³/mol. The zero-order chi connectivity index (χ0) is 21.5. The lowest BCUT2D eigenvalue weighted by atomic mass is 9.98. The fourth-order valence-corrected chi connectivity index (χ4v) is 4.36. The van der Waals surface area contributed by atoms with E-state index in [1.165, 1.54) is 0 Å². The maximum absolute atomic E-state index is 13.3. The molecule has 2 amide bonds. The second kappa shape index (κ2) is 10.7. The Bertz CT molecular complexity index is 730. The molecular formula is C23H34N2O5. The largest absolute Gasteiger partial charge is 0.493 e. The summed E-state index contributed by atoms with van der Waals surface area (Å²) in [6.07, 6.45) is 5.60. The lowest BCUT2D eigenvalue weighted by Gasteiger charge is -2.36. The predicted octanol–water partition coefficient (Wildman–Crippen LogP) is 3.12. The van der Waals surface area contributed by atoms with Crippen LogP contribution >= 0.6 is 0 Å². The van der Waals surface area contributed by atoms with Crippen LogP contribution in [0.2, 0.25) is 0 Å². The van der Waals surface area contributed by atoms with E-state index >= 15 is 0 Å². The SMILES string of the molecule is COCC[C@H]1CCCCN1C(=O)c1ccc(OC)c(OC2CCN(C(C)=O)CC2)c1. The van der Waals surface area contributed by atoms with E-state index in [2.05, 4.69) is 0 Å². The van der Waals surface area contributed by atoms with Crippen molar-refractivity contribution in [2.24, 2.45) is 0 Å². The van der Waals surface area contributed by atoms with Crippen molar-refractivity contribution >= 4 is 11.8 Å². The second-order valence-electron chi connectivity index (χ2n) is 8.12. The third-order valence-corrected chi connectivity index (χ3v) is 6.13. The monoisotopic (exact) mass is 418 g/mol. The third kappa shape index (κ3) is 5.45. The quantitative estimate of drug-likeness (QED) is 0.681. The van der Waals surface area contributed by atoms with Crippen molar-refractivity contribution in [3.05, 3.63) is 23.8 Å². The van der Waals surface area contributed by atoms with Gasteiger partial charge in [0.1, 0.15) is 6.10 Å². The molecule has 7 heteroatoms. The Hall–Kier alpha value is -2.28. The lowest BCUT2D eigenvalue weighted by molar-refractivity contribution is -0.130. The molecule has 0 aromatic heterocycles. The van der Waals surface area contributed by atoms with Crippen molar-refractivity contribution in [2.75, 3.05) is 40.5 Å². The van der Waals surface area contributed by atoms with E-state index in [1.54, 1.807) is 33.3 Å². The molecule has 2 fully saturated rings. The van der Waals surface area contributed by atoms with Crippen molar-refractivity contribution in [1.29, 1.82) is 0 Å². The maximum atomic E-state index is 13.3. The number of nitrogens with zero attached hydrogens (tertiary/aromatic N) is 2. The van der Waals surface area contributed by atoms with Gasteiger partial charge in [-0.05, 0) is 43.9 Å². The molecule has 1 aromatic carbocycles. The molecule has 2 aliphatic heterocycles. The molecule has 0 radical (unpaired) electrons. The summed E-state index contributed by atoms with van der Waals surface area (Å²) in [5, 5.41) is 0. The van der Waals surface area contributed by atoms with Gasteiger partial charge in [0.25, 0.3) is 5.91 Å². The van der Waals surface area contributed by atoms with Crippen LogP contribution < -0.4 is 9.47 Å². The highest BCUT2D eigenvalue weighted by Gasteiger charge is 2.28. The molecule has 2 aliphatic rings. The summed E-state index contributed by atoms with van der Waals surface area (Å²) < 4.78 is 16.9. The Labute approximate surface area is 179 Å². The smallest absolute Gasteiger partial charge is 0.254 e. The normalized spacial score (nSPS) is 20.2. The van der Waals surface area contributed by atoms with Crippen molar-refractivity contribution in [3.63, 3.8) is 0 Å². The molecule has 2 heterocycles. The molecule has 0 N–H and O–H groups in total. The molecule has 166 valence electrons. The zero-order valence-corrected chi connectivity index (χ0v) is 18.4. The van der Waals surface area contributed by atoms with Crippen LogP contribution in [0.25, 0.3) is 0 Å². The summed E-state index contributed by atoms with van der Waals surface area (Å²) in [5.74, 6) is 1.35. The van der Waals surface area contributed by atoms with E-state index in [4.69, 9.17) is 14.2 Å². The second-order valence-corrected chi connectivity index (χ2v) is 8.12. The summed E-state index contributed by atoms with van der Waals surface area (Å²) in [6.45, 7) is 4.41. The number of methoxy groups -OCH3 is 2. The molecule has 1 aromatic rings. The van der Waals surface area contributed by atoms with Crippen molar-refractivity contribution in [2.45, 2.75) is 57.6 Å². The van der Waals surface area contributed by atoms with Gasteiger partial charge >= 0.3 is 0 Å². The Kier molecular flexibility index (Phi) is 7.96. The molecule has 2 saturated heterocycles. The number of ether oxygens (including phenoxy) is 3. The summed E-state index contributed by atoms with van der Waals surface area (Å²) in [6, 6.07) is 5.64. The van der Waals surface area contributed by atoms with Crippen molar-refractivity contribution < 1.29 is 23.8 Å². The first kappa shape index (κ1) is 22.4. The number of likely N-dealkylation sites (tertiary alicyclic amines) is 2. The van der Waals surface area contributed by atoms with Gasteiger partial charge in [-0.1, -0.05) is 0 Å². The van der Waals surface area contributed by atoms with Gasteiger partial charge in [-0.15, -0.1) is 0 Å². The van der Waals surface area contributed by atoms with Gasteiger partial charge in [-0.25, -0.2) is 0 Å². The first-order valence-electron chi connectivity index (χ1n) is 10.9. The summed E-state index contributed by atoms with van der Waals surface area (Å²) in [5.41, 5.74) is 0.622. The first-order chi connectivity index (χ1) is 14.5. The third-order valence-electron chi connectivity index (χ3n) is 6.13. The van der Waals surface area contributed by atoms with Gasteiger partial charge in [-0.3, -0.25) is 9.59 Å². The molecule has 0 aliphatic carbocycles. The van der Waals surface area contributed by atoms with Gasteiger partial charge in [0.15, 0.2) is 11.5 Å². The molecule has 0 saturated carbocycles. The van der Waals surface area contributed by atoms with E-state index in [1.807, 2.05) is 15.9 Å². The van der Waals surface area contributed by atoms with Crippen LogP contribution in [0.5, 0.6) is 11.5 Å². The molecule has 0 bridgehead atoms. The van der Waals surface area contributed by atoms with Crippen LogP contribution in [0, 0.1) is 0 Å². The van der Waals surface area contributed by atoms with Gasteiger partial charge in [0.05, 0.1) is 7.11 Å². The number of amides is 2. The number of piperidine rings is 2. The van der Waals surface area contributed by atoms with Gasteiger partial charge in [0, 0.05) is 64.7 Å². The summed E-state index contributed by atoms with van der Waals surface area (Å²) >= 11 is 0. The minimum absolute atomic E-state index is 0.00397. The minimum Gasteiger partial charge on any atom is -0.493 e. The standard InChI is InChI=1S/C23H34N2O5/c1-17(26)24-13-9-20(10-14-24)30-22-16-18(7-8-21(22)29-3)23(27)25-12-5-4-6-19(25)11-15-28-2/h7-8,16,19-20H,4-6,9-15H2,1-3H3/t19-/m1/s1. The van der Waals surface area contributed by atoms with Crippen LogP contribution in [-0.4, -0.2) is 74.2 Å². The molecule has 0 spiro atoms. The molecule has 1 atom stereocenters. The van der Waals surface area contributed by atoms with E-state index < -0.39 is 0 Å². The van der Waals surface area contributed by atoms with Crippen LogP contribution in [0.1, 0.15) is 55.8 Å². The highest BCUT2D eigenvalue weighted by atomic mass is 16.5. The first-order valence-corrected chi connectivity index (χ1v) is 10.9. The lowest BCUT2D eigenvalue weighted by Crippen LogP contribution is -2.44. The van der Waals surface area contributed by atoms with Crippen LogP contribution in [0.15, 0.2) is 18.2 Å². The molecule has 0 unspecified atom stereocenters. The van der Waals surface area contributed by atoms with Gasteiger partial charge < -0.3 is 24.0 Å². The molecular weight excluding hydrogens is 384 g/mol.